The maximum absolute atomic E-state index is 5.79. The smallest absolute Gasteiger partial charge is 0.256 e. The summed E-state index contributed by atoms with van der Waals surface area (Å²) in [5.74, 6) is -8.39. The molecule has 0 aromatic heterocycles. The minimum absolute atomic E-state index is 1.42. The van der Waals surface area contributed by atoms with Crippen molar-refractivity contribution in [2.75, 3.05) is 13.7 Å². The summed E-state index contributed by atoms with van der Waals surface area (Å²) >= 11 is 34.4. The Morgan fingerprint density at radius 2 is 1.21 bits per heavy atom. The van der Waals surface area contributed by atoms with Crippen molar-refractivity contribution in [1.82, 2.24) is 0 Å². The Hall–Kier alpha value is 2.43. The van der Waals surface area contributed by atoms with Crippen LogP contribution in [0.1, 0.15) is 0 Å². The van der Waals surface area contributed by atoms with Crippen molar-refractivity contribution in [2.45, 2.75) is 0 Å². The van der Waals surface area contributed by atoms with Gasteiger partial charge in [0.25, 0.3) is 5.91 Å². The summed E-state index contributed by atoms with van der Waals surface area (Å²) in [4.78, 5) is 0. The van der Waals surface area contributed by atoms with Gasteiger partial charge in [-0.3, -0.25) is 4.74 Å². The minimum Gasteiger partial charge on any atom is -0.258 e. The summed E-state index contributed by atoms with van der Waals surface area (Å²) in [7, 11) is 1.42. The molecule has 0 rings (SSSR count). The van der Waals surface area contributed by atoms with Crippen molar-refractivity contribution in [3.63, 3.8) is 0 Å². The van der Waals surface area contributed by atoms with Gasteiger partial charge in [-0.15, -0.1) is 0 Å². The van der Waals surface area contributed by atoms with Crippen molar-refractivity contribution < 1.29 is 0 Å². The van der Waals surface area contributed by atoms with Gasteiger partial charge in [0.2, 0.25) is 5.91 Å². The normalized spacial score (nSPS) is 13.7. The Labute approximate surface area is 112 Å². The number of nitrogens with zero attached hydrogens (tertiary/aromatic N) is 3. The second kappa shape index (κ2) is 5.85. The topological polar surface area (TPSA) is 37.1 Å². The van der Waals surface area contributed by atoms with Crippen molar-refractivity contribution >= 4 is 85.0 Å². The Balaban J connectivity index is 5.41. The summed E-state index contributed by atoms with van der Waals surface area (Å²) in [6.45, 7) is 1.51. The van der Waals surface area contributed by atoms with Gasteiger partial charge in [-0.1, -0.05) is 22.5 Å². The van der Waals surface area contributed by atoms with Crippen LogP contribution >= 0.6 is 85.0 Å². The van der Waals surface area contributed by atoms with E-state index in [0.717, 1.165) is 0 Å². The summed E-state index contributed by atoms with van der Waals surface area (Å²) < 4.78 is 11.2. The third kappa shape index (κ3) is 8.57. The van der Waals surface area contributed by atoms with Crippen LogP contribution in [0.15, 0.2) is 13.8 Å². The van der Waals surface area contributed by atoms with Crippen LogP contribution in [0.3, 0.4) is 0 Å². The quantitative estimate of drug-likeness (QED) is 0.444. The molecule has 14 heavy (non-hydrogen) atoms. The molecule has 0 radical (unpaired) electrons. The van der Waals surface area contributed by atoms with Crippen LogP contribution in [0, 0.1) is 0 Å². The maximum atomic E-state index is 5.79. The molecule has 0 bridgehead atoms. The summed E-state index contributed by atoms with van der Waals surface area (Å²) in [6, 6.07) is 0. The van der Waals surface area contributed by atoms with Gasteiger partial charge in [0, 0.05) is 7.05 Å². The molecular formula is C2H6Cl6N3P3. The molecule has 0 unspecified atom stereocenters. The van der Waals surface area contributed by atoms with Gasteiger partial charge in [-0.2, -0.15) is 4.52 Å². The Bertz CT molecular complexity index is 348. The number of rotatable bonds is 2. The lowest BCUT2D eigenvalue weighted by Crippen LogP contribution is -1.56. The highest BCUT2D eigenvalue weighted by atomic mass is 35.9. The van der Waals surface area contributed by atoms with Crippen LogP contribution in [0.5, 0.6) is 0 Å². The van der Waals surface area contributed by atoms with Crippen molar-refractivity contribution in [3.8, 4) is 0 Å². The van der Waals surface area contributed by atoms with Crippen LogP contribution in [0.25, 0.3) is 0 Å². The van der Waals surface area contributed by atoms with Crippen LogP contribution in [-0.2, 0) is 0 Å². The fraction of sp³-hybridized carbons (Fsp3) is 1.00. The predicted molar refractivity (Wildman–Crippen MR) is 75.0 cm³/mol. The lowest BCUT2D eigenvalue weighted by Gasteiger charge is -2.09. The first-order valence-electron chi connectivity index (χ1n) is 2.91. The average Bonchev–Trinajstić information content (AvgIpc) is 1.78. The molecule has 0 aliphatic carbocycles. The molecule has 0 atom stereocenters. The second-order valence-corrected chi connectivity index (χ2v) is 18.4. The second-order valence-electron chi connectivity index (χ2n) is 2.04. The zero-order chi connectivity index (χ0) is 11.6. The fourth-order valence-electron chi connectivity index (χ4n) is 0.376. The average molecular weight is 378 g/mol. The standard InChI is InChI=1S/C2H6Cl6N3P3/c1-9-13(5,6)11-14(7,8)10-12(2,3)4/h1-2H3. The van der Waals surface area contributed by atoms with E-state index in [1.165, 1.54) is 13.7 Å². The lowest BCUT2D eigenvalue weighted by molar-refractivity contribution is 1.50. The molecule has 86 valence electrons. The molecular weight excluding hydrogens is 372 g/mol. The first kappa shape index (κ1) is 16.4. The third-order valence-electron chi connectivity index (χ3n) is 0.721. The Morgan fingerprint density at radius 3 is 1.50 bits per heavy atom. The molecule has 12 heteroatoms. The highest BCUT2D eigenvalue weighted by molar-refractivity contribution is 8.21. The molecule has 0 aromatic carbocycles. The van der Waals surface area contributed by atoms with E-state index >= 15 is 0 Å². The van der Waals surface area contributed by atoms with Gasteiger partial charge < -0.3 is 0 Å². The first-order chi connectivity index (χ1) is 5.97. The SMILES string of the molecule is CN=P(Cl)(Cl)N=P(Cl)(Cl)N=P(C)(Cl)Cl. The van der Waals surface area contributed by atoms with Gasteiger partial charge in [0.1, 0.15) is 5.76 Å². The molecule has 3 nitrogen and oxygen atoms in total. The van der Waals surface area contributed by atoms with Crippen molar-refractivity contribution in [1.29, 1.82) is 0 Å². The first-order valence-corrected chi connectivity index (χ1v) is 13.9. The zero-order valence-electron chi connectivity index (χ0n) is 6.95. The van der Waals surface area contributed by atoms with Crippen molar-refractivity contribution in [2.24, 2.45) is 13.8 Å². The van der Waals surface area contributed by atoms with E-state index in [1.807, 2.05) is 0 Å². The molecule has 0 aromatic rings. The number of halogens is 6. The molecule has 0 saturated heterocycles. The van der Waals surface area contributed by atoms with E-state index < -0.39 is 17.6 Å². The van der Waals surface area contributed by atoms with E-state index in [-0.39, 0.29) is 0 Å². The van der Waals surface area contributed by atoms with E-state index in [0.29, 0.717) is 0 Å². The monoisotopic (exact) mass is 375 g/mol. The van der Waals surface area contributed by atoms with E-state index in [9.17, 15) is 0 Å². The third-order valence-corrected chi connectivity index (χ3v) is 10.8. The molecule has 0 fully saturated rings. The summed E-state index contributed by atoms with van der Waals surface area (Å²) in [5.41, 5.74) is 0. The van der Waals surface area contributed by atoms with Crippen LogP contribution in [0.4, 0.5) is 0 Å². The van der Waals surface area contributed by atoms with Crippen LogP contribution < -0.4 is 0 Å². The van der Waals surface area contributed by atoms with E-state index in [4.69, 9.17) is 67.4 Å². The van der Waals surface area contributed by atoms with Gasteiger partial charge in [-0.25, -0.2) is 4.52 Å². The van der Waals surface area contributed by atoms with E-state index in [1.54, 1.807) is 0 Å². The fourth-order valence-corrected chi connectivity index (χ4v) is 13.9. The van der Waals surface area contributed by atoms with Gasteiger partial charge in [0.15, 0.2) is 0 Å². The highest BCUT2D eigenvalue weighted by Crippen LogP contribution is 2.79. The molecule has 0 heterocycles. The Morgan fingerprint density at radius 1 is 0.786 bits per heavy atom. The summed E-state index contributed by atoms with van der Waals surface area (Å²) in [5, 5.41) is 0. The highest BCUT2D eigenvalue weighted by Gasteiger charge is 2.20. The zero-order valence-corrected chi connectivity index (χ0v) is 14.2. The van der Waals surface area contributed by atoms with Crippen molar-refractivity contribution in [3.05, 3.63) is 0 Å². The molecule has 0 amide bonds. The number of hydrogen-bond acceptors (Lipinski definition) is 1. The molecule has 0 aliphatic rings. The molecule has 0 N–H and O–H groups in total. The van der Waals surface area contributed by atoms with Gasteiger partial charge >= 0.3 is 0 Å². The number of hydrogen-bond donors (Lipinski definition) is 0. The Kier molecular flexibility index (Phi) is 6.87. The largest absolute Gasteiger partial charge is 0.258 e. The molecule has 0 aliphatic heterocycles. The molecule has 0 spiro atoms. The van der Waals surface area contributed by atoms with Gasteiger partial charge in [0.05, 0.1) is 0 Å². The van der Waals surface area contributed by atoms with Crippen LogP contribution in [-0.4, -0.2) is 13.7 Å². The molecule has 0 saturated carbocycles. The van der Waals surface area contributed by atoms with Crippen LogP contribution in [0.2, 0.25) is 0 Å². The van der Waals surface area contributed by atoms with Gasteiger partial charge in [-0.05, 0) is 51.6 Å². The predicted octanol–water partition coefficient (Wildman–Crippen LogP) is 7.60. The summed E-state index contributed by atoms with van der Waals surface area (Å²) in [6.07, 6.45) is 0. The lowest BCUT2D eigenvalue weighted by atomic mass is 11.6. The maximum Gasteiger partial charge on any atom is 0.256 e. The van der Waals surface area contributed by atoms with E-state index in [2.05, 4.69) is 13.8 Å². The minimum atomic E-state index is -3.03.